The Morgan fingerprint density at radius 1 is 1.25 bits per heavy atom. The van der Waals surface area contributed by atoms with E-state index in [1.54, 1.807) is 0 Å². The van der Waals surface area contributed by atoms with Crippen molar-refractivity contribution in [3.63, 3.8) is 0 Å². The van der Waals surface area contributed by atoms with Crippen LogP contribution >= 0.6 is 24.0 Å². The summed E-state index contributed by atoms with van der Waals surface area (Å²) in [6.45, 7) is 15.0. The maximum absolute atomic E-state index is 4.89. The molecule has 0 radical (unpaired) electrons. The normalized spacial score (nSPS) is 21.6. The SMILES string of the molecule is CCNC(=NCCc1c(C)nn(C)c1C)N1CC(C)CC(C)C1.I. The molecular formula is C18H34IN5. The Kier molecular flexibility index (Phi) is 8.53. The molecule has 0 bridgehead atoms. The lowest BCUT2D eigenvalue weighted by Gasteiger charge is -2.37. The van der Waals surface area contributed by atoms with Gasteiger partial charge in [-0.3, -0.25) is 9.67 Å². The van der Waals surface area contributed by atoms with E-state index in [4.69, 9.17) is 4.99 Å². The number of rotatable bonds is 4. The van der Waals surface area contributed by atoms with Crippen molar-refractivity contribution in [3.05, 3.63) is 17.0 Å². The van der Waals surface area contributed by atoms with Crippen molar-refractivity contribution in [3.8, 4) is 0 Å². The van der Waals surface area contributed by atoms with E-state index in [2.05, 4.69) is 49.9 Å². The van der Waals surface area contributed by atoms with Crippen LogP contribution in [0.4, 0.5) is 0 Å². The van der Waals surface area contributed by atoms with Gasteiger partial charge in [-0.15, -0.1) is 24.0 Å². The number of likely N-dealkylation sites (tertiary alicyclic amines) is 1. The van der Waals surface area contributed by atoms with Gasteiger partial charge in [-0.1, -0.05) is 13.8 Å². The molecule has 0 aliphatic carbocycles. The van der Waals surface area contributed by atoms with E-state index in [1.807, 2.05) is 11.7 Å². The molecule has 138 valence electrons. The summed E-state index contributed by atoms with van der Waals surface area (Å²) in [6, 6.07) is 0. The van der Waals surface area contributed by atoms with E-state index in [9.17, 15) is 0 Å². The molecule has 24 heavy (non-hydrogen) atoms. The van der Waals surface area contributed by atoms with Crippen molar-refractivity contribution in [1.29, 1.82) is 0 Å². The largest absolute Gasteiger partial charge is 0.357 e. The Bertz CT molecular complexity index is 542. The number of halogens is 1. The molecule has 5 nitrogen and oxygen atoms in total. The minimum Gasteiger partial charge on any atom is -0.357 e. The van der Waals surface area contributed by atoms with E-state index < -0.39 is 0 Å². The third-order valence-corrected chi connectivity index (χ3v) is 4.79. The number of aliphatic imine (C=N–C) groups is 1. The summed E-state index contributed by atoms with van der Waals surface area (Å²) in [6.07, 6.45) is 2.28. The summed E-state index contributed by atoms with van der Waals surface area (Å²) in [5.74, 6) is 2.56. The summed E-state index contributed by atoms with van der Waals surface area (Å²) < 4.78 is 1.97. The second-order valence-electron chi connectivity index (χ2n) is 7.11. The molecule has 2 atom stereocenters. The molecule has 1 aromatic heterocycles. The highest BCUT2D eigenvalue weighted by atomic mass is 127. The van der Waals surface area contributed by atoms with Crippen LogP contribution in [0.15, 0.2) is 4.99 Å². The topological polar surface area (TPSA) is 45.5 Å². The molecule has 1 N–H and O–H groups in total. The molecular weight excluding hydrogens is 413 g/mol. The molecule has 2 heterocycles. The van der Waals surface area contributed by atoms with Crippen LogP contribution in [0.5, 0.6) is 0 Å². The summed E-state index contributed by atoms with van der Waals surface area (Å²) in [5, 5.41) is 7.97. The molecule has 1 aliphatic rings. The average Bonchev–Trinajstić information content (AvgIpc) is 2.71. The molecule has 0 spiro atoms. The highest BCUT2D eigenvalue weighted by Gasteiger charge is 2.23. The van der Waals surface area contributed by atoms with Crippen molar-refractivity contribution >= 4 is 29.9 Å². The number of nitrogens with zero attached hydrogens (tertiary/aromatic N) is 4. The number of hydrogen-bond acceptors (Lipinski definition) is 2. The van der Waals surface area contributed by atoms with Crippen LogP contribution in [-0.2, 0) is 13.5 Å². The molecule has 0 saturated carbocycles. The number of aromatic nitrogens is 2. The third-order valence-electron chi connectivity index (χ3n) is 4.79. The van der Waals surface area contributed by atoms with Gasteiger partial charge in [0, 0.05) is 38.9 Å². The van der Waals surface area contributed by atoms with Crippen molar-refractivity contribution in [2.24, 2.45) is 23.9 Å². The Hall–Kier alpha value is -0.790. The molecule has 1 aliphatic heterocycles. The smallest absolute Gasteiger partial charge is 0.193 e. The Morgan fingerprint density at radius 3 is 2.38 bits per heavy atom. The van der Waals surface area contributed by atoms with Gasteiger partial charge in [-0.2, -0.15) is 5.10 Å². The van der Waals surface area contributed by atoms with Crippen LogP contribution in [0.25, 0.3) is 0 Å². The molecule has 1 saturated heterocycles. The van der Waals surface area contributed by atoms with Gasteiger partial charge < -0.3 is 10.2 Å². The number of nitrogens with one attached hydrogen (secondary N) is 1. The van der Waals surface area contributed by atoms with Crippen molar-refractivity contribution in [2.45, 2.75) is 47.5 Å². The zero-order valence-corrected chi connectivity index (χ0v) is 18.4. The number of aryl methyl sites for hydroxylation is 2. The first-order chi connectivity index (χ1) is 10.9. The van der Waals surface area contributed by atoms with Gasteiger partial charge in [0.2, 0.25) is 0 Å². The maximum Gasteiger partial charge on any atom is 0.193 e. The first-order valence-corrected chi connectivity index (χ1v) is 8.94. The molecule has 0 aromatic carbocycles. The van der Waals surface area contributed by atoms with E-state index in [0.717, 1.165) is 56.1 Å². The fraction of sp³-hybridized carbons (Fsp3) is 0.778. The summed E-state index contributed by atoms with van der Waals surface area (Å²) >= 11 is 0. The van der Waals surface area contributed by atoms with Crippen molar-refractivity contribution in [1.82, 2.24) is 20.0 Å². The predicted octanol–water partition coefficient (Wildman–Crippen LogP) is 3.14. The van der Waals surface area contributed by atoms with Crippen LogP contribution in [0, 0.1) is 25.7 Å². The monoisotopic (exact) mass is 447 g/mol. The standard InChI is InChI=1S/C18H33N5.HI/c1-7-19-18(23-11-13(2)10-14(3)12-23)20-9-8-17-15(4)21-22(6)16(17)5;/h13-14H,7-12H2,1-6H3,(H,19,20);1H. The zero-order chi connectivity index (χ0) is 17.0. The summed E-state index contributed by atoms with van der Waals surface area (Å²) in [7, 11) is 2.01. The quantitative estimate of drug-likeness (QED) is 0.438. The number of piperidine rings is 1. The van der Waals surface area contributed by atoms with E-state index in [-0.39, 0.29) is 24.0 Å². The van der Waals surface area contributed by atoms with Gasteiger partial charge in [-0.05, 0) is 51.0 Å². The summed E-state index contributed by atoms with van der Waals surface area (Å²) in [5.41, 5.74) is 3.72. The Labute approximate surface area is 164 Å². The van der Waals surface area contributed by atoms with Gasteiger partial charge in [0.25, 0.3) is 0 Å². The lowest BCUT2D eigenvalue weighted by atomic mass is 9.92. The zero-order valence-electron chi connectivity index (χ0n) is 16.1. The van der Waals surface area contributed by atoms with E-state index >= 15 is 0 Å². The molecule has 2 unspecified atom stereocenters. The number of guanidine groups is 1. The van der Waals surface area contributed by atoms with Crippen LogP contribution in [0.2, 0.25) is 0 Å². The average molecular weight is 447 g/mol. The van der Waals surface area contributed by atoms with Gasteiger partial charge in [0.05, 0.1) is 5.69 Å². The van der Waals surface area contributed by atoms with Crippen molar-refractivity contribution < 1.29 is 0 Å². The van der Waals surface area contributed by atoms with Crippen LogP contribution in [0.1, 0.15) is 44.1 Å². The second kappa shape index (κ2) is 9.63. The number of hydrogen-bond donors (Lipinski definition) is 1. The lowest BCUT2D eigenvalue weighted by molar-refractivity contribution is 0.208. The minimum atomic E-state index is 0. The minimum absolute atomic E-state index is 0. The highest BCUT2D eigenvalue weighted by Crippen LogP contribution is 2.21. The van der Waals surface area contributed by atoms with Gasteiger partial charge in [0.1, 0.15) is 0 Å². The maximum atomic E-state index is 4.89. The van der Waals surface area contributed by atoms with Gasteiger partial charge in [-0.25, -0.2) is 0 Å². The molecule has 1 aromatic rings. The Balaban J connectivity index is 0.00000288. The molecule has 1 fully saturated rings. The molecule has 2 rings (SSSR count). The third kappa shape index (κ3) is 5.36. The van der Waals surface area contributed by atoms with E-state index in [0.29, 0.717) is 0 Å². The predicted molar refractivity (Wildman–Crippen MR) is 112 cm³/mol. The van der Waals surface area contributed by atoms with Crippen LogP contribution in [0.3, 0.4) is 0 Å². The second-order valence-corrected chi connectivity index (χ2v) is 7.11. The first-order valence-electron chi connectivity index (χ1n) is 8.94. The van der Waals surface area contributed by atoms with Crippen molar-refractivity contribution in [2.75, 3.05) is 26.2 Å². The van der Waals surface area contributed by atoms with Gasteiger partial charge in [0.15, 0.2) is 5.96 Å². The summed E-state index contributed by atoms with van der Waals surface area (Å²) in [4.78, 5) is 7.32. The van der Waals surface area contributed by atoms with Crippen LogP contribution < -0.4 is 5.32 Å². The molecule has 0 amide bonds. The molecule has 6 heteroatoms. The first kappa shape index (κ1) is 21.3. The Morgan fingerprint density at radius 2 is 1.88 bits per heavy atom. The van der Waals surface area contributed by atoms with Crippen LogP contribution in [-0.4, -0.2) is 46.8 Å². The lowest BCUT2D eigenvalue weighted by Crippen LogP contribution is -2.48. The van der Waals surface area contributed by atoms with Gasteiger partial charge >= 0.3 is 0 Å². The fourth-order valence-electron chi connectivity index (χ4n) is 3.71. The fourth-order valence-corrected chi connectivity index (χ4v) is 3.71. The highest BCUT2D eigenvalue weighted by molar-refractivity contribution is 14.0. The van der Waals surface area contributed by atoms with E-state index in [1.165, 1.54) is 17.7 Å².